The molecule has 3 heteroatoms. The number of carbonyl (C=O) groups is 1. The van der Waals surface area contributed by atoms with E-state index in [-0.39, 0.29) is 0 Å². The number of carboxylic acids is 1. The second-order valence-corrected chi connectivity index (χ2v) is 4.24. The molecule has 0 saturated heterocycles. The molecule has 1 N–H and O–H groups in total. The van der Waals surface area contributed by atoms with Crippen molar-refractivity contribution in [2.75, 3.05) is 6.61 Å². The van der Waals surface area contributed by atoms with E-state index in [2.05, 4.69) is 6.92 Å². The van der Waals surface area contributed by atoms with E-state index in [4.69, 9.17) is 9.84 Å². The van der Waals surface area contributed by atoms with Crippen LogP contribution in [0.5, 0.6) is 5.75 Å². The Kier molecular flexibility index (Phi) is 5.01. The predicted molar refractivity (Wildman–Crippen MR) is 67.9 cm³/mol. The zero-order valence-corrected chi connectivity index (χ0v) is 10.7. The topological polar surface area (TPSA) is 46.5 Å². The summed E-state index contributed by atoms with van der Waals surface area (Å²) in [6.45, 7) is 6.39. The van der Waals surface area contributed by atoms with Crippen molar-refractivity contribution in [3.8, 4) is 5.75 Å². The van der Waals surface area contributed by atoms with Gasteiger partial charge < -0.3 is 9.84 Å². The first-order valence-corrected chi connectivity index (χ1v) is 6.04. The van der Waals surface area contributed by atoms with Crippen LogP contribution in [0.3, 0.4) is 0 Å². The molecule has 0 spiro atoms. The van der Waals surface area contributed by atoms with Gasteiger partial charge in [-0.2, -0.15) is 0 Å². The molecule has 0 bridgehead atoms. The third-order valence-electron chi connectivity index (χ3n) is 2.84. The van der Waals surface area contributed by atoms with Crippen LogP contribution >= 0.6 is 0 Å². The smallest absolute Gasteiger partial charge is 0.336 e. The lowest BCUT2D eigenvalue weighted by Gasteiger charge is -2.12. The quantitative estimate of drug-likeness (QED) is 0.768. The molecule has 0 aliphatic heterocycles. The van der Waals surface area contributed by atoms with E-state index in [1.807, 2.05) is 6.07 Å². The Morgan fingerprint density at radius 2 is 2.00 bits per heavy atom. The number of rotatable bonds is 6. The van der Waals surface area contributed by atoms with Crippen molar-refractivity contribution in [3.05, 3.63) is 28.8 Å². The predicted octanol–water partition coefficient (Wildman–Crippen LogP) is 3.57. The van der Waals surface area contributed by atoms with E-state index in [0.29, 0.717) is 23.5 Å². The highest BCUT2D eigenvalue weighted by Crippen LogP contribution is 2.24. The van der Waals surface area contributed by atoms with E-state index in [0.717, 1.165) is 24.8 Å². The number of benzene rings is 1. The van der Waals surface area contributed by atoms with Crippen LogP contribution in [0.4, 0.5) is 0 Å². The maximum absolute atomic E-state index is 11.1. The summed E-state index contributed by atoms with van der Waals surface area (Å²) in [7, 11) is 0. The molecule has 0 saturated carbocycles. The molecule has 0 aliphatic rings. The summed E-state index contributed by atoms with van der Waals surface area (Å²) < 4.78 is 5.62. The molecule has 0 unspecified atom stereocenters. The van der Waals surface area contributed by atoms with Gasteiger partial charge in [0, 0.05) is 5.56 Å². The van der Waals surface area contributed by atoms with Gasteiger partial charge in [0.05, 0.1) is 12.2 Å². The highest BCUT2D eigenvalue weighted by molar-refractivity contribution is 5.91. The van der Waals surface area contributed by atoms with Crippen LogP contribution in [0.25, 0.3) is 0 Å². The van der Waals surface area contributed by atoms with Gasteiger partial charge in [0.15, 0.2) is 0 Å². The van der Waals surface area contributed by atoms with Crippen molar-refractivity contribution in [1.82, 2.24) is 0 Å². The van der Waals surface area contributed by atoms with E-state index in [1.165, 1.54) is 0 Å². The fourth-order valence-corrected chi connectivity index (χ4v) is 1.85. The first kappa shape index (κ1) is 13.6. The fourth-order valence-electron chi connectivity index (χ4n) is 1.85. The Hall–Kier alpha value is -1.51. The molecule has 0 radical (unpaired) electrons. The maximum atomic E-state index is 11.1. The Morgan fingerprint density at radius 3 is 2.59 bits per heavy atom. The number of carboxylic acid groups (broad SMARTS) is 1. The van der Waals surface area contributed by atoms with Gasteiger partial charge in [-0.05, 0) is 31.9 Å². The monoisotopic (exact) mass is 236 g/mol. The number of aromatic carboxylic acids is 1. The molecular weight excluding hydrogens is 216 g/mol. The number of ether oxygens (including phenoxy) is 1. The Morgan fingerprint density at radius 1 is 1.29 bits per heavy atom. The lowest BCUT2D eigenvalue weighted by atomic mass is 10.0. The minimum Gasteiger partial charge on any atom is -0.493 e. The number of aryl methyl sites for hydroxylation is 1. The summed E-state index contributed by atoms with van der Waals surface area (Å²) in [5, 5.41) is 9.13. The molecular formula is C14H20O3. The zero-order valence-electron chi connectivity index (χ0n) is 10.7. The van der Waals surface area contributed by atoms with Crippen molar-refractivity contribution in [2.24, 2.45) is 0 Å². The molecule has 0 aliphatic carbocycles. The summed E-state index contributed by atoms with van der Waals surface area (Å²) in [5.41, 5.74) is 1.85. The molecule has 0 atom stereocenters. The zero-order chi connectivity index (χ0) is 12.8. The van der Waals surface area contributed by atoms with Gasteiger partial charge in [-0.1, -0.05) is 25.8 Å². The maximum Gasteiger partial charge on any atom is 0.336 e. The molecule has 0 aromatic heterocycles. The highest BCUT2D eigenvalue weighted by Gasteiger charge is 2.14. The van der Waals surface area contributed by atoms with Crippen LogP contribution in [0.2, 0.25) is 0 Å². The second kappa shape index (κ2) is 6.28. The number of hydrogen-bond donors (Lipinski definition) is 1. The highest BCUT2D eigenvalue weighted by atomic mass is 16.5. The average molecular weight is 236 g/mol. The molecule has 1 aromatic carbocycles. The molecule has 3 nitrogen and oxygen atoms in total. The molecule has 0 amide bonds. The fraction of sp³-hybridized carbons (Fsp3) is 0.500. The van der Waals surface area contributed by atoms with Gasteiger partial charge in [0.1, 0.15) is 5.75 Å². The van der Waals surface area contributed by atoms with Crippen LogP contribution in [-0.4, -0.2) is 17.7 Å². The number of unbranched alkanes of at least 4 members (excludes halogenated alkanes) is 2. The minimum absolute atomic E-state index is 0.359. The van der Waals surface area contributed by atoms with Gasteiger partial charge in [-0.25, -0.2) is 4.79 Å². The standard InChI is InChI=1S/C14H20O3/c1-4-5-6-9-17-12-8-7-10(2)13(11(12)3)14(15)16/h7-8H,4-6,9H2,1-3H3,(H,15,16). The van der Waals surface area contributed by atoms with E-state index < -0.39 is 5.97 Å². The van der Waals surface area contributed by atoms with Gasteiger partial charge in [-0.3, -0.25) is 0 Å². The van der Waals surface area contributed by atoms with Crippen LogP contribution in [0.15, 0.2) is 12.1 Å². The lowest BCUT2D eigenvalue weighted by molar-refractivity contribution is 0.0694. The normalized spacial score (nSPS) is 10.3. The Balaban J connectivity index is 2.80. The van der Waals surface area contributed by atoms with Crippen LogP contribution in [0.1, 0.15) is 47.7 Å². The van der Waals surface area contributed by atoms with Gasteiger partial charge in [0.2, 0.25) is 0 Å². The Labute approximate surface area is 102 Å². The van der Waals surface area contributed by atoms with Gasteiger partial charge in [0.25, 0.3) is 0 Å². The van der Waals surface area contributed by atoms with Gasteiger partial charge >= 0.3 is 5.97 Å². The molecule has 1 rings (SSSR count). The summed E-state index contributed by atoms with van der Waals surface area (Å²) in [5.74, 6) is -0.205. The first-order valence-electron chi connectivity index (χ1n) is 6.04. The summed E-state index contributed by atoms with van der Waals surface area (Å²) >= 11 is 0. The van der Waals surface area contributed by atoms with Crippen LogP contribution in [-0.2, 0) is 0 Å². The summed E-state index contributed by atoms with van der Waals surface area (Å²) in [6, 6.07) is 3.65. The van der Waals surface area contributed by atoms with Crippen LogP contribution in [0, 0.1) is 13.8 Å². The number of hydrogen-bond acceptors (Lipinski definition) is 2. The Bertz CT molecular complexity index is 397. The third kappa shape index (κ3) is 3.48. The third-order valence-corrected chi connectivity index (χ3v) is 2.84. The van der Waals surface area contributed by atoms with E-state index in [9.17, 15) is 4.79 Å². The van der Waals surface area contributed by atoms with Gasteiger partial charge in [-0.15, -0.1) is 0 Å². The van der Waals surface area contributed by atoms with E-state index in [1.54, 1.807) is 19.9 Å². The molecule has 94 valence electrons. The van der Waals surface area contributed by atoms with Crippen LogP contribution < -0.4 is 4.74 Å². The largest absolute Gasteiger partial charge is 0.493 e. The minimum atomic E-state index is -0.890. The molecule has 0 heterocycles. The molecule has 17 heavy (non-hydrogen) atoms. The van der Waals surface area contributed by atoms with Crippen molar-refractivity contribution in [1.29, 1.82) is 0 Å². The SMILES string of the molecule is CCCCCOc1ccc(C)c(C(=O)O)c1C. The van der Waals surface area contributed by atoms with Crippen molar-refractivity contribution < 1.29 is 14.6 Å². The summed E-state index contributed by atoms with van der Waals surface area (Å²) in [6.07, 6.45) is 3.29. The second-order valence-electron chi connectivity index (χ2n) is 4.24. The average Bonchev–Trinajstić information content (AvgIpc) is 2.26. The first-order chi connectivity index (χ1) is 8.07. The van der Waals surface area contributed by atoms with Crippen molar-refractivity contribution in [3.63, 3.8) is 0 Å². The lowest BCUT2D eigenvalue weighted by Crippen LogP contribution is -2.06. The summed E-state index contributed by atoms with van der Waals surface area (Å²) in [4.78, 5) is 11.1. The van der Waals surface area contributed by atoms with E-state index >= 15 is 0 Å². The van der Waals surface area contributed by atoms with Crippen molar-refractivity contribution >= 4 is 5.97 Å². The molecule has 1 aromatic rings. The molecule has 0 fully saturated rings. The van der Waals surface area contributed by atoms with Crippen molar-refractivity contribution in [2.45, 2.75) is 40.0 Å².